The highest BCUT2D eigenvalue weighted by Crippen LogP contribution is 2.41. The van der Waals surface area contributed by atoms with Gasteiger partial charge in [-0.05, 0) is 30.9 Å². The molecule has 0 nitrogen and oxygen atoms in total. The molecule has 0 aromatic heterocycles. The molecule has 0 N–H and O–H groups in total. The minimum atomic E-state index is 1.08. The zero-order chi connectivity index (χ0) is 5.40. The van der Waals surface area contributed by atoms with Crippen LogP contribution in [0.4, 0.5) is 0 Å². The van der Waals surface area contributed by atoms with Crippen molar-refractivity contribution in [1.82, 2.24) is 0 Å². The van der Waals surface area contributed by atoms with Crippen molar-refractivity contribution in [2.24, 2.45) is 5.92 Å². The minimum Gasteiger partial charge on any atom is -0.158 e. The van der Waals surface area contributed by atoms with Crippen LogP contribution in [-0.4, -0.2) is 11.0 Å². The monoisotopic (exact) mass is 128 g/mol. The first-order valence-corrected chi connectivity index (χ1v) is 4.61. The Morgan fingerprint density at radius 2 is 2.25 bits per heavy atom. The summed E-state index contributed by atoms with van der Waals surface area (Å²) in [5.41, 5.74) is 0. The van der Waals surface area contributed by atoms with Crippen LogP contribution in [-0.2, 0) is 0 Å². The van der Waals surface area contributed by atoms with Gasteiger partial charge in [0.15, 0.2) is 0 Å². The Hall–Kier alpha value is 0.350. The van der Waals surface area contributed by atoms with Crippen LogP contribution in [0, 0.1) is 5.92 Å². The van der Waals surface area contributed by atoms with Gasteiger partial charge in [-0.3, -0.25) is 0 Å². The van der Waals surface area contributed by atoms with Crippen molar-refractivity contribution in [2.75, 3.05) is 5.75 Å². The summed E-state index contributed by atoms with van der Waals surface area (Å²) in [5, 5.41) is 1.08. The molecular weight excluding hydrogens is 116 g/mol. The fourth-order valence-electron chi connectivity index (χ4n) is 1.82. The maximum absolute atomic E-state index is 2.21. The largest absolute Gasteiger partial charge is 0.158 e. The zero-order valence-corrected chi connectivity index (χ0v) is 5.91. The van der Waals surface area contributed by atoms with E-state index >= 15 is 0 Å². The van der Waals surface area contributed by atoms with Crippen molar-refractivity contribution in [3.8, 4) is 0 Å². The molecule has 1 saturated heterocycles. The molecule has 0 aromatic rings. The average molecular weight is 128 g/mol. The highest BCUT2D eigenvalue weighted by molar-refractivity contribution is 8.00. The standard InChI is InChI=1S/C7H12S/c1-2-6-4-7(3-1)8-5-6/h6-7H,1-5H2. The van der Waals surface area contributed by atoms with Crippen LogP contribution in [0.15, 0.2) is 0 Å². The Kier molecular flexibility index (Phi) is 1.25. The summed E-state index contributed by atoms with van der Waals surface area (Å²) in [6, 6.07) is 0. The van der Waals surface area contributed by atoms with Gasteiger partial charge in [0, 0.05) is 5.25 Å². The molecule has 0 spiro atoms. The predicted octanol–water partition coefficient (Wildman–Crippen LogP) is 2.29. The van der Waals surface area contributed by atoms with Gasteiger partial charge in [0.05, 0.1) is 0 Å². The number of hydrogen-bond acceptors (Lipinski definition) is 1. The maximum atomic E-state index is 2.21. The second-order valence-electron chi connectivity index (χ2n) is 2.99. The molecule has 1 heterocycles. The molecule has 2 unspecified atom stereocenters. The Labute approximate surface area is 55.0 Å². The molecule has 0 amide bonds. The van der Waals surface area contributed by atoms with Crippen molar-refractivity contribution in [3.63, 3.8) is 0 Å². The highest BCUT2D eigenvalue weighted by Gasteiger charge is 2.28. The van der Waals surface area contributed by atoms with E-state index in [4.69, 9.17) is 0 Å². The normalized spacial score (nSPS) is 45.0. The van der Waals surface area contributed by atoms with Crippen LogP contribution < -0.4 is 0 Å². The summed E-state index contributed by atoms with van der Waals surface area (Å²) in [5.74, 6) is 2.60. The smallest absolute Gasteiger partial charge is 0.00500 e. The summed E-state index contributed by atoms with van der Waals surface area (Å²) >= 11 is 2.21. The van der Waals surface area contributed by atoms with Gasteiger partial charge in [-0.1, -0.05) is 6.42 Å². The molecular formula is C7H12S. The summed E-state index contributed by atoms with van der Waals surface area (Å²) < 4.78 is 0. The van der Waals surface area contributed by atoms with Crippen LogP contribution in [0.5, 0.6) is 0 Å². The third-order valence-corrected chi connectivity index (χ3v) is 3.87. The van der Waals surface area contributed by atoms with Crippen LogP contribution in [0.25, 0.3) is 0 Å². The van der Waals surface area contributed by atoms with Gasteiger partial charge in [0.25, 0.3) is 0 Å². The van der Waals surface area contributed by atoms with E-state index in [-0.39, 0.29) is 0 Å². The first kappa shape index (κ1) is 5.16. The lowest BCUT2D eigenvalue weighted by atomic mass is 9.91. The van der Waals surface area contributed by atoms with E-state index in [0.717, 1.165) is 11.2 Å². The molecule has 2 rings (SSSR count). The molecule has 2 atom stereocenters. The van der Waals surface area contributed by atoms with Crippen LogP contribution in [0.2, 0.25) is 0 Å². The van der Waals surface area contributed by atoms with Crippen LogP contribution in [0.1, 0.15) is 25.7 Å². The van der Waals surface area contributed by atoms with Gasteiger partial charge in [-0.15, -0.1) is 0 Å². The Balaban J connectivity index is 2.03. The lowest BCUT2D eigenvalue weighted by Gasteiger charge is -2.15. The lowest BCUT2D eigenvalue weighted by molar-refractivity contribution is 0.422. The van der Waals surface area contributed by atoms with E-state index in [1.54, 1.807) is 6.42 Å². The summed E-state index contributed by atoms with van der Waals surface area (Å²) in [7, 11) is 0. The van der Waals surface area contributed by atoms with Gasteiger partial charge < -0.3 is 0 Å². The predicted molar refractivity (Wildman–Crippen MR) is 38.2 cm³/mol. The lowest BCUT2D eigenvalue weighted by Crippen LogP contribution is -2.08. The van der Waals surface area contributed by atoms with E-state index in [2.05, 4.69) is 11.8 Å². The summed E-state index contributed by atoms with van der Waals surface area (Å²) in [6.07, 6.45) is 6.11. The number of hydrogen-bond donors (Lipinski definition) is 0. The Morgan fingerprint density at radius 3 is 3.00 bits per heavy atom. The van der Waals surface area contributed by atoms with Gasteiger partial charge in [-0.2, -0.15) is 11.8 Å². The molecule has 1 aliphatic heterocycles. The third-order valence-electron chi connectivity index (χ3n) is 2.30. The van der Waals surface area contributed by atoms with E-state index in [0.29, 0.717) is 0 Å². The number of rotatable bonds is 0. The highest BCUT2D eigenvalue weighted by atomic mass is 32.2. The molecule has 46 valence electrons. The Morgan fingerprint density at radius 1 is 1.25 bits per heavy atom. The average Bonchev–Trinajstić information content (AvgIpc) is 2.12. The molecule has 0 radical (unpaired) electrons. The van der Waals surface area contributed by atoms with Gasteiger partial charge >= 0.3 is 0 Å². The number of fused-ring (bicyclic) bond motifs is 2. The fraction of sp³-hybridized carbons (Fsp3) is 1.00. The molecule has 2 fully saturated rings. The molecule has 0 aromatic carbocycles. The van der Waals surface area contributed by atoms with E-state index < -0.39 is 0 Å². The van der Waals surface area contributed by atoms with Gasteiger partial charge in [-0.25, -0.2) is 0 Å². The van der Waals surface area contributed by atoms with Gasteiger partial charge in [0.1, 0.15) is 0 Å². The van der Waals surface area contributed by atoms with Gasteiger partial charge in [0.2, 0.25) is 0 Å². The van der Waals surface area contributed by atoms with E-state index in [1.165, 1.54) is 25.0 Å². The summed E-state index contributed by atoms with van der Waals surface area (Å²) in [6.45, 7) is 0. The topological polar surface area (TPSA) is 0 Å². The molecule has 1 heteroatoms. The Bertz CT molecular complexity index is 76.4. The van der Waals surface area contributed by atoms with Crippen molar-refractivity contribution in [2.45, 2.75) is 30.9 Å². The van der Waals surface area contributed by atoms with Crippen molar-refractivity contribution < 1.29 is 0 Å². The molecule has 2 bridgehead atoms. The minimum absolute atomic E-state index is 1.08. The molecule has 8 heavy (non-hydrogen) atoms. The summed E-state index contributed by atoms with van der Waals surface area (Å²) in [4.78, 5) is 0. The zero-order valence-electron chi connectivity index (χ0n) is 5.10. The van der Waals surface area contributed by atoms with Crippen molar-refractivity contribution in [3.05, 3.63) is 0 Å². The molecule has 1 aliphatic carbocycles. The SMILES string of the molecule is C1CC2CSC(C1)C2. The third kappa shape index (κ3) is 0.771. The van der Waals surface area contributed by atoms with Crippen LogP contribution in [0.3, 0.4) is 0 Å². The first-order valence-electron chi connectivity index (χ1n) is 3.57. The fourth-order valence-corrected chi connectivity index (χ4v) is 3.41. The second-order valence-corrected chi connectivity index (χ2v) is 4.32. The van der Waals surface area contributed by atoms with Crippen molar-refractivity contribution in [1.29, 1.82) is 0 Å². The first-order chi connectivity index (χ1) is 3.95. The number of thioether (sulfide) groups is 1. The molecule has 1 saturated carbocycles. The maximum Gasteiger partial charge on any atom is 0.00500 e. The van der Waals surface area contributed by atoms with Crippen LogP contribution >= 0.6 is 11.8 Å². The second kappa shape index (κ2) is 1.94. The molecule has 2 aliphatic rings. The van der Waals surface area contributed by atoms with E-state index in [1.807, 2.05) is 0 Å². The van der Waals surface area contributed by atoms with Crippen molar-refractivity contribution >= 4 is 11.8 Å². The van der Waals surface area contributed by atoms with E-state index in [9.17, 15) is 0 Å². The quantitative estimate of drug-likeness (QED) is 0.482.